The van der Waals surface area contributed by atoms with Crippen LogP contribution < -0.4 is 28.7 Å². The number of para-hydroxylation sites is 4. The summed E-state index contributed by atoms with van der Waals surface area (Å²) in [5.41, 5.74) is 0. The maximum absolute atomic E-state index is 6.08. The van der Waals surface area contributed by atoms with Gasteiger partial charge in [-0.3, -0.25) is 0 Å². The van der Waals surface area contributed by atoms with E-state index in [0.29, 0.717) is 0 Å². The van der Waals surface area contributed by atoms with Gasteiger partial charge in [-0.05, 0) is 72.8 Å². The van der Waals surface area contributed by atoms with E-state index in [2.05, 4.69) is 0 Å². The Morgan fingerprint density at radius 1 is 0.311 bits per heavy atom. The average Bonchev–Trinajstić information content (AvgIpc) is 3.11. The van der Waals surface area contributed by atoms with Gasteiger partial charge in [0, 0.05) is 0 Å². The molecule has 232 valence electrons. The Kier molecular flexibility index (Phi) is 15.8. The van der Waals surface area contributed by atoms with E-state index in [1.807, 2.05) is 182 Å². The van der Waals surface area contributed by atoms with E-state index in [1.165, 1.54) is 0 Å². The van der Waals surface area contributed by atoms with Gasteiger partial charge in [-0.15, -0.1) is 0 Å². The summed E-state index contributed by atoms with van der Waals surface area (Å²) in [4.78, 5) is 0. The van der Waals surface area contributed by atoms with Gasteiger partial charge in [-0.25, -0.2) is 0 Å². The Balaban J connectivity index is 0.000000189. The Morgan fingerprint density at radius 2 is 0.489 bits per heavy atom. The van der Waals surface area contributed by atoms with Gasteiger partial charge in [0.15, 0.2) is 33.6 Å². The van der Waals surface area contributed by atoms with E-state index in [9.17, 15) is 0 Å². The predicted octanol–water partition coefficient (Wildman–Crippen LogP) is 10.4. The summed E-state index contributed by atoms with van der Waals surface area (Å²) in [6, 6.07) is 59.3. The fraction of sp³-hybridized carbons (Fsp3) is 0. The van der Waals surface area contributed by atoms with Crippen molar-refractivity contribution < 1.29 is 34.0 Å². The zero-order valence-electron chi connectivity index (χ0n) is 24.0. The van der Waals surface area contributed by atoms with Crippen molar-refractivity contribution in [2.75, 3.05) is 0 Å². The fourth-order valence-electron chi connectivity index (χ4n) is 3.81. The molecule has 6 aromatic carbocycles. The van der Waals surface area contributed by atoms with E-state index in [4.69, 9.17) is 37.2 Å². The van der Waals surface area contributed by atoms with Gasteiger partial charge < -0.3 is 18.1 Å². The molecule has 0 amide bonds. The first kappa shape index (κ1) is 34.5. The van der Waals surface area contributed by atoms with Crippen LogP contribution in [0.1, 0.15) is 0 Å². The van der Waals surface area contributed by atoms with Crippen LogP contribution in [0.4, 0.5) is 0 Å². The summed E-state index contributed by atoms with van der Waals surface area (Å²) >= 11 is -0.106. The minimum absolute atomic E-state index is 0.106. The molecule has 0 radical (unpaired) electrons. The number of hydrogen-bond acceptors (Lipinski definition) is 4. The molecule has 0 aromatic heterocycles. The topological polar surface area (TPSA) is 36.9 Å². The van der Waals surface area contributed by atoms with E-state index in [-0.39, 0.29) is 15.9 Å². The van der Waals surface area contributed by atoms with Gasteiger partial charge in [0.05, 0.1) is 0 Å². The van der Waals surface area contributed by atoms with Crippen LogP contribution in [0.2, 0.25) is 0 Å². The third-order valence-corrected chi connectivity index (χ3v) is 9.13. The maximum Gasteiger partial charge on any atom is 0.384 e. The van der Waals surface area contributed by atoms with Crippen molar-refractivity contribution in [2.45, 2.75) is 0 Å². The molecule has 0 heterocycles. The van der Waals surface area contributed by atoms with Crippen molar-refractivity contribution in [3.63, 3.8) is 0 Å². The minimum atomic E-state index is -1.63. The molecule has 0 unspecified atom stereocenters. The zero-order chi connectivity index (χ0) is 31.4. The second-order valence-corrected chi connectivity index (χ2v) is 14.5. The number of hydrogen-bond donors (Lipinski definition) is 0. The summed E-state index contributed by atoms with van der Waals surface area (Å²) in [5, 5.41) is 2.16. The Morgan fingerprint density at radius 3 is 0.689 bits per heavy atom. The zero-order valence-corrected chi connectivity index (χ0v) is 29.1. The smallest absolute Gasteiger partial charge is 0.307 e. The molecular formula is C36H32Cl2O4P2Pd+2. The van der Waals surface area contributed by atoms with Crippen molar-refractivity contribution in [1.29, 1.82) is 0 Å². The van der Waals surface area contributed by atoms with Crippen molar-refractivity contribution in [3.8, 4) is 23.0 Å². The van der Waals surface area contributed by atoms with Crippen LogP contribution in [0.5, 0.6) is 23.0 Å². The van der Waals surface area contributed by atoms with E-state index >= 15 is 0 Å². The van der Waals surface area contributed by atoms with Gasteiger partial charge in [0.2, 0.25) is 0 Å². The van der Waals surface area contributed by atoms with Gasteiger partial charge >= 0.3 is 51.7 Å². The second kappa shape index (κ2) is 20.6. The van der Waals surface area contributed by atoms with Crippen molar-refractivity contribution in [3.05, 3.63) is 182 Å². The Bertz CT molecular complexity index is 1390. The molecule has 0 atom stereocenters. The molecule has 6 aromatic rings. The molecule has 0 aliphatic heterocycles. The first-order valence-corrected chi connectivity index (χ1v) is 20.5. The third kappa shape index (κ3) is 12.9. The van der Waals surface area contributed by atoms with Gasteiger partial charge in [-0.2, -0.15) is 0 Å². The summed E-state index contributed by atoms with van der Waals surface area (Å²) in [7, 11) is 6.37. The molecule has 0 bridgehead atoms. The van der Waals surface area contributed by atoms with Crippen LogP contribution in [0.3, 0.4) is 0 Å². The van der Waals surface area contributed by atoms with Crippen LogP contribution in [0, 0.1) is 0 Å². The monoisotopic (exact) mass is 766 g/mol. The molecule has 0 saturated carbocycles. The van der Waals surface area contributed by atoms with Crippen molar-refractivity contribution in [2.24, 2.45) is 0 Å². The van der Waals surface area contributed by atoms with E-state index < -0.39 is 16.8 Å². The van der Waals surface area contributed by atoms with Crippen molar-refractivity contribution in [1.82, 2.24) is 0 Å². The molecule has 0 saturated heterocycles. The second-order valence-electron chi connectivity index (χ2n) is 9.01. The quantitative estimate of drug-likeness (QED) is 0.103. The first-order chi connectivity index (χ1) is 22.2. The molecule has 45 heavy (non-hydrogen) atoms. The number of halogens is 2. The van der Waals surface area contributed by atoms with E-state index in [0.717, 1.165) is 33.6 Å². The summed E-state index contributed by atoms with van der Waals surface area (Å²) < 4.78 is 24.3. The van der Waals surface area contributed by atoms with Crippen LogP contribution in [0.15, 0.2) is 182 Å². The standard InChI is InChI=1S/2C18H15O2P.2ClH.Pd/c2*1-4-10-16(11-5-1)19-21(18-14-8-3-9-15-18)20-17-12-6-2-7-13-17;;;/h2*1-15H;2*1H;/q;;;;+2. The Labute approximate surface area is 283 Å². The minimum Gasteiger partial charge on any atom is -0.307 e. The molecule has 0 fully saturated rings. The molecule has 6 rings (SSSR count). The maximum atomic E-state index is 6.08. The normalized spacial score (nSPS) is 10.1. The first-order valence-electron chi connectivity index (χ1n) is 13.8. The SMILES string of the molecule is [Cl][Pd][Cl].c1ccc(O[PH+](Oc2ccccc2)c2ccccc2)cc1.c1ccc(O[PH+](Oc2ccccc2)c2ccccc2)cc1. The number of rotatable bonds is 10. The fourth-order valence-corrected chi connectivity index (χ4v) is 6.69. The summed E-state index contributed by atoms with van der Waals surface area (Å²) in [6.07, 6.45) is 0. The van der Waals surface area contributed by atoms with Gasteiger partial charge in [-0.1, -0.05) is 109 Å². The molecule has 0 N–H and O–H groups in total. The third-order valence-electron chi connectivity index (χ3n) is 5.83. The van der Waals surface area contributed by atoms with Crippen LogP contribution >= 0.6 is 35.8 Å². The molecule has 4 nitrogen and oxygen atoms in total. The van der Waals surface area contributed by atoms with Gasteiger partial charge in [0.1, 0.15) is 0 Å². The summed E-state index contributed by atoms with van der Waals surface area (Å²) in [6.45, 7) is 0. The molecular weight excluding hydrogens is 736 g/mol. The average molecular weight is 768 g/mol. The van der Waals surface area contributed by atoms with E-state index in [1.54, 1.807) is 0 Å². The predicted molar refractivity (Wildman–Crippen MR) is 189 cm³/mol. The largest absolute Gasteiger partial charge is 0.384 e. The van der Waals surface area contributed by atoms with Crippen LogP contribution in [-0.4, -0.2) is 0 Å². The number of benzene rings is 6. The van der Waals surface area contributed by atoms with Crippen molar-refractivity contribution >= 4 is 46.4 Å². The van der Waals surface area contributed by atoms with Crippen LogP contribution in [-0.2, 0) is 15.9 Å². The summed E-state index contributed by atoms with van der Waals surface area (Å²) in [5.74, 6) is 3.30. The molecule has 0 spiro atoms. The molecule has 0 aliphatic rings. The molecule has 9 heteroatoms. The molecule has 0 aliphatic carbocycles. The Hall–Kier alpha value is -3.38. The van der Waals surface area contributed by atoms with Gasteiger partial charge in [0.25, 0.3) is 0 Å². The van der Waals surface area contributed by atoms with Crippen LogP contribution in [0.25, 0.3) is 0 Å².